The van der Waals surface area contributed by atoms with Crippen molar-refractivity contribution in [3.8, 4) is 0 Å². The van der Waals surface area contributed by atoms with E-state index in [9.17, 15) is 14.0 Å². The molecule has 2 rings (SSSR count). The molecule has 0 saturated carbocycles. The second-order valence-electron chi connectivity index (χ2n) is 3.87. The number of carbonyl (C=O) groups excluding carboxylic acids is 2. The lowest BCUT2D eigenvalue weighted by molar-refractivity contribution is -0.120. The first kappa shape index (κ1) is 13.2. The molecular formula is C13H11FN2O2S. The lowest BCUT2D eigenvalue weighted by Crippen LogP contribution is -2.37. The van der Waals surface area contributed by atoms with Crippen molar-refractivity contribution < 1.29 is 14.0 Å². The standard InChI is InChI=1S/C13H11FN2O2S/c14-10-3-1-8(2-4-10)11(12(15)17)16-13(18)9-5-6-19-7-9/h1-7,11H,(H2,15,17)(H,16,18)/t11-/m0/s1. The van der Waals surface area contributed by atoms with Crippen LogP contribution in [0.15, 0.2) is 41.1 Å². The van der Waals surface area contributed by atoms with Crippen molar-refractivity contribution in [1.29, 1.82) is 0 Å². The van der Waals surface area contributed by atoms with Crippen LogP contribution in [0.3, 0.4) is 0 Å². The molecule has 0 unspecified atom stereocenters. The van der Waals surface area contributed by atoms with Gasteiger partial charge in [0.2, 0.25) is 5.91 Å². The van der Waals surface area contributed by atoms with Crippen molar-refractivity contribution in [2.45, 2.75) is 6.04 Å². The summed E-state index contributed by atoms with van der Waals surface area (Å²) < 4.78 is 12.8. The number of nitrogens with one attached hydrogen (secondary N) is 1. The van der Waals surface area contributed by atoms with E-state index >= 15 is 0 Å². The average Bonchev–Trinajstić information content (AvgIpc) is 2.90. The molecule has 2 aromatic rings. The summed E-state index contributed by atoms with van der Waals surface area (Å²) in [6.07, 6.45) is 0. The maximum absolute atomic E-state index is 12.8. The number of nitrogens with two attached hydrogens (primary N) is 1. The molecule has 0 aliphatic rings. The van der Waals surface area contributed by atoms with E-state index in [-0.39, 0.29) is 0 Å². The van der Waals surface area contributed by atoms with Crippen LogP contribution in [0.25, 0.3) is 0 Å². The molecule has 0 aliphatic carbocycles. The van der Waals surface area contributed by atoms with Gasteiger partial charge in [-0.05, 0) is 29.1 Å². The number of hydrogen-bond donors (Lipinski definition) is 2. The number of hydrogen-bond acceptors (Lipinski definition) is 3. The summed E-state index contributed by atoms with van der Waals surface area (Å²) in [7, 11) is 0. The molecule has 1 atom stereocenters. The fourth-order valence-electron chi connectivity index (χ4n) is 1.58. The first-order valence-corrected chi connectivity index (χ1v) is 6.40. The molecule has 0 fully saturated rings. The van der Waals surface area contributed by atoms with E-state index in [0.29, 0.717) is 11.1 Å². The first-order valence-electron chi connectivity index (χ1n) is 5.46. The number of thiophene rings is 1. The number of carbonyl (C=O) groups is 2. The summed E-state index contributed by atoms with van der Waals surface area (Å²) in [5.41, 5.74) is 6.16. The van der Waals surface area contributed by atoms with Crippen LogP contribution < -0.4 is 11.1 Å². The summed E-state index contributed by atoms with van der Waals surface area (Å²) in [6, 6.07) is 5.91. The van der Waals surface area contributed by atoms with E-state index in [4.69, 9.17) is 5.73 Å². The van der Waals surface area contributed by atoms with Crippen LogP contribution >= 0.6 is 11.3 Å². The van der Waals surface area contributed by atoms with Crippen molar-refractivity contribution in [2.24, 2.45) is 5.73 Å². The van der Waals surface area contributed by atoms with Crippen LogP contribution in [0.2, 0.25) is 0 Å². The van der Waals surface area contributed by atoms with E-state index in [2.05, 4.69) is 5.32 Å². The molecule has 0 bridgehead atoms. The van der Waals surface area contributed by atoms with E-state index in [1.54, 1.807) is 16.8 Å². The molecule has 6 heteroatoms. The van der Waals surface area contributed by atoms with Gasteiger partial charge in [0.1, 0.15) is 11.9 Å². The maximum Gasteiger partial charge on any atom is 0.253 e. The average molecular weight is 278 g/mol. The van der Waals surface area contributed by atoms with Crippen molar-refractivity contribution >= 4 is 23.2 Å². The van der Waals surface area contributed by atoms with E-state index in [0.717, 1.165) is 0 Å². The SMILES string of the molecule is NC(=O)[C@@H](NC(=O)c1ccsc1)c1ccc(F)cc1. The number of rotatable bonds is 4. The zero-order valence-corrected chi connectivity index (χ0v) is 10.6. The van der Waals surface area contributed by atoms with Crippen LogP contribution in [-0.2, 0) is 4.79 Å². The van der Waals surface area contributed by atoms with Gasteiger partial charge in [0.15, 0.2) is 0 Å². The van der Waals surface area contributed by atoms with Crippen LogP contribution in [0.5, 0.6) is 0 Å². The van der Waals surface area contributed by atoms with Gasteiger partial charge in [0.05, 0.1) is 5.56 Å². The number of amides is 2. The highest BCUT2D eigenvalue weighted by atomic mass is 32.1. The molecule has 0 spiro atoms. The topological polar surface area (TPSA) is 72.2 Å². The van der Waals surface area contributed by atoms with Crippen molar-refractivity contribution in [3.63, 3.8) is 0 Å². The lowest BCUT2D eigenvalue weighted by Gasteiger charge is -2.15. The molecule has 2 amide bonds. The fraction of sp³-hybridized carbons (Fsp3) is 0.0769. The fourth-order valence-corrected chi connectivity index (χ4v) is 2.22. The normalized spacial score (nSPS) is 11.8. The monoisotopic (exact) mass is 278 g/mol. The third-order valence-corrected chi connectivity index (χ3v) is 3.23. The van der Waals surface area contributed by atoms with Crippen LogP contribution in [0.1, 0.15) is 22.0 Å². The van der Waals surface area contributed by atoms with Crippen molar-refractivity contribution in [2.75, 3.05) is 0 Å². The molecular weight excluding hydrogens is 267 g/mol. The molecule has 19 heavy (non-hydrogen) atoms. The Morgan fingerprint density at radius 1 is 1.21 bits per heavy atom. The predicted octanol–water partition coefficient (Wildman–Crippen LogP) is 1.84. The van der Waals surface area contributed by atoms with Gasteiger partial charge in [0.25, 0.3) is 5.91 Å². The Balaban J connectivity index is 2.19. The Kier molecular flexibility index (Phi) is 3.91. The van der Waals surface area contributed by atoms with E-state index in [1.165, 1.54) is 35.6 Å². The quantitative estimate of drug-likeness (QED) is 0.895. The minimum absolute atomic E-state index is 0.394. The van der Waals surface area contributed by atoms with Crippen LogP contribution in [0.4, 0.5) is 4.39 Å². The number of halogens is 1. The van der Waals surface area contributed by atoms with E-state index in [1.807, 2.05) is 0 Å². The zero-order valence-electron chi connectivity index (χ0n) is 9.80. The lowest BCUT2D eigenvalue weighted by atomic mass is 10.1. The van der Waals surface area contributed by atoms with Gasteiger partial charge in [-0.3, -0.25) is 9.59 Å². The highest BCUT2D eigenvalue weighted by Crippen LogP contribution is 2.15. The van der Waals surface area contributed by atoms with Crippen molar-refractivity contribution in [3.05, 3.63) is 58.0 Å². The third-order valence-electron chi connectivity index (χ3n) is 2.55. The largest absolute Gasteiger partial charge is 0.368 e. The van der Waals surface area contributed by atoms with Gasteiger partial charge in [-0.1, -0.05) is 12.1 Å². The summed E-state index contributed by atoms with van der Waals surface area (Å²) in [4.78, 5) is 23.3. The van der Waals surface area contributed by atoms with Crippen molar-refractivity contribution in [1.82, 2.24) is 5.32 Å². The zero-order chi connectivity index (χ0) is 13.8. The molecule has 1 aromatic heterocycles. The van der Waals surface area contributed by atoms with Gasteiger partial charge in [0, 0.05) is 5.38 Å². The second-order valence-corrected chi connectivity index (χ2v) is 4.65. The molecule has 98 valence electrons. The van der Waals surface area contributed by atoms with E-state index < -0.39 is 23.7 Å². The van der Waals surface area contributed by atoms with Gasteiger partial charge in [-0.2, -0.15) is 11.3 Å². The van der Waals surface area contributed by atoms with Gasteiger partial charge in [-0.15, -0.1) is 0 Å². The van der Waals surface area contributed by atoms with Crippen LogP contribution in [-0.4, -0.2) is 11.8 Å². The Bertz CT molecular complexity index is 581. The predicted molar refractivity (Wildman–Crippen MR) is 70.1 cm³/mol. The Morgan fingerprint density at radius 2 is 1.89 bits per heavy atom. The first-order chi connectivity index (χ1) is 9.08. The molecule has 1 heterocycles. The number of benzene rings is 1. The molecule has 0 radical (unpaired) electrons. The number of primary amides is 1. The highest BCUT2D eigenvalue weighted by Gasteiger charge is 2.21. The Labute approximate surface area is 113 Å². The summed E-state index contributed by atoms with van der Waals surface area (Å²) in [5, 5.41) is 5.95. The Hall–Kier alpha value is -2.21. The molecule has 0 saturated heterocycles. The molecule has 1 aromatic carbocycles. The smallest absolute Gasteiger partial charge is 0.253 e. The summed E-state index contributed by atoms with van der Waals surface area (Å²) in [5.74, 6) is -1.51. The Morgan fingerprint density at radius 3 is 2.42 bits per heavy atom. The molecule has 0 aliphatic heterocycles. The molecule has 4 nitrogen and oxygen atoms in total. The minimum Gasteiger partial charge on any atom is -0.368 e. The van der Waals surface area contributed by atoms with Gasteiger partial charge in [-0.25, -0.2) is 4.39 Å². The minimum atomic E-state index is -0.979. The highest BCUT2D eigenvalue weighted by molar-refractivity contribution is 7.08. The maximum atomic E-state index is 12.8. The summed E-state index contributed by atoms with van der Waals surface area (Å²) >= 11 is 1.37. The van der Waals surface area contributed by atoms with Crippen LogP contribution in [0, 0.1) is 5.82 Å². The summed E-state index contributed by atoms with van der Waals surface area (Å²) in [6.45, 7) is 0. The van der Waals surface area contributed by atoms with Gasteiger partial charge < -0.3 is 11.1 Å². The third kappa shape index (κ3) is 3.17. The second kappa shape index (κ2) is 5.62. The van der Waals surface area contributed by atoms with Gasteiger partial charge >= 0.3 is 0 Å². The molecule has 3 N–H and O–H groups in total.